The van der Waals surface area contributed by atoms with Gasteiger partial charge in [0.15, 0.2) is 17.6 Å². The fourth-order valence-corrected chi connectivity index (χ4v) is 8.48. The third-order valence-corrected chi connectivity index (χ3v) is 11.1. The molecule has 18 heteroatoms. The molecule has 0 spiro atoms. The number of ether oxygens (including phenoxy) is 7. The van der Waals surface area contributed by atoms with Gasteiger partial charge < -0.3 is 75.0 Å². The molecule has 318 valence electrons. The molecule has 3 aromatic rings. The normalized spacial score (nSPS) is 27.6. The summed E-state index contributed by atoms with van der Waals surface area (Å²) in [5, 5.41) is 53.8. The predicted octanol–water partition coefficient (Wildman–Crippen LogP) is -1.98. The Hall–Kier alpha value is -5.57. The van der Waals surface area contributed by atoms with Crippen LogP contribution in [0.4, 0.5) is 0 Å². The van der Waals surface area contributed by atoms with Gasteiger partial charge in [-0.25, -0.2) is 0 Å². The molecule has 8 rings (SSSR count). The molecule has 0 amide bonds. The van der Waals surface area contributed by atoms with Gasteiger partial charge in [-0.05, 0) is 23.8 Å². The van der Waals surface area contributed by atoms with Gasteiger partial charge in [-0.3, -0.25) is 14.7 Å². The first-order chi connectivity index (χ1) is 28.9. The summed E-state index contributed by atoms with van der Waals surface area (Å²) in [4.78, 5) is 28.9. The number of carboxylic acid groups (broad SMARTS) is 1. The molecule has 3 aromatic carbocycles. The average molecular weight is 831 g/mol. The minimum atomic E-state index is -1.90. The van der Waals surface area contributed by atoms with Crippen molar-refractivity contribution in [3.05, 3.63) is 101 Å². The van der Waals surface area contributed by atoms with Crippen molar-refractivity contribution in [3.8, 4) is 28.7 Å². The Labute approximate surface area is 343 Å². The van der Waals surface area contributed by atoms with Crippen LogP contribution in [0.2, 0.25) is 0 Å². The van der Waals surface area contributed by atoms with Crippen molar-refractivity contribution >= 4 is 17.7 Å². The van der Waals surface area contributed by atoms with E-state index in [1.165, 1.54) is 7.11 Å². The first-order valence-corrected chi connectivity index (χ1v) is 19.5. The molecule has 0 aromatic heterocycles. The maximum Gasteiger partial charge on any atom is 0.311 e. The molecule has 1 saturated heterocycles. The number of hydrogen-bond acceptors (Lipinski definition) is 17. The summed E-state index contributed by atoms with van der Waals surface area (Å²) in [7, 11) is 1.52. The number of carbonyl (C=O) groups is 2. The number of nitrogens with zero attached hydrogens (tertiary/aromatic N) is 1. The smallest absolute Gasteiger partial charge is 0.311 e. The van der Waals surface area contributed by atoms with Gasteiger partial charge >= 0.3 is 5.97 Å². The number of carbonyl (C=O) groups excluding carboxylic acids is 2. The second kappa shape index (κ2) is 17.2. The Bertz CT molecular complexity index is 2200. The zero-order valence-electron chi connectivity index (χ0n) is 32.4. The van der Waals surface area contributed by atoms with Gasteiger partial charge in [-0.1, -0.05) is 36.4 Å². The van der Waals surface area contributed by atoms with Crippen molar-refractivity contribution in [2.75, 3.05) is 26.9 Å². The molecule has 5 aliphatic rings. The maximum atomic E-state index is 12.3. The van der Waals surface area contributed by atoms with E-state index in [0.717, 1.165) is 38.4 Å². The number of aliphatic hydroxyl groups excluding tert-OH is 4. The third kappa shape index (κ3) is 8.03. The number of hydrogen-bond donors (Lipinski definition) is 7. The van der Waals surface area contributed by atoms with Crippen LogP contribution in [0.15, 0.2) is 83.6 Å². The number of fused-ring (bicyclic) bond motifs is 6. The summed E-state index contributed by atoms with van der Waals surface area (Å²) in [5.41, 5.74) is 17.0. The zero-order valence-corrected chi connectivity index (χ0v) is 32.4. The van der Waals surface area contributed by atoms with Crippen molar-refractivity contribution in [1.82, 2.24) is 0 Å². The summed E-state index contributed by atoms with van der Waals surface area (Å²) in [5.74, 6) is -1.54. The van der Waals surface area contributed by atoms with Crippen molar-refractivity contribution in [2.45, 2.75) is 80.5 Å². The molecule has 60 heavy (non-hydrogen) atoms. The van der Waals surface area contributed by atoms with Gasteiger partial charge in [0.1, 0.15) is 79.7 Å². The zero-order chi connectivity index (χ0) is 42.2. The average Bonchev–Trinajstić information content (AvgIpc) is 3.93. The molecule has 10 atom stereocenters. The Morgan fingerprint density at radius 2 is 1.85 bits per heavy atom. The van der Waals surface area contributed by atoms with E-state index in [1.807, 2.05) is 42.5 Å². The van der Waals surface area contributed by atoms with Crippen LogP contribution in [-0.4, -0.2) is 114 Å². The van der Waals surface area contributed by atoms with E-state index < -0.39 is 73.5 Å². The second-order valence-electron chi connectivity index (χ2n) is 15.1. The SMILES string of the molecule is COc1ccc2c(c1OCCO)OC1c3c(C[NH+]4C=C5C=CN=C5C4)cc(OC4OC(C(OC(=O)CC(=O)[O-])C(N)N)C(O)C(O)C4O)cc3OC(Cc3ccccc3)C21. The number of allylic oxidation sites excluding steroid dienone is 1. The quantitative estimate of drug-likeness (QED) is 0.0497. The Kier molecular flexibility index (Phi) is 11.8. The molecule has 18 nitrogen and oxygen atoms in total. The predicted molar refractivity (Wildman–Crippen MR) is 206 cm³/mol. The first kappa shape index (κ1) is 41.2. The van der Waals surface area contributed by atoms with E-state index in [9.17, 15) is 35.1 Å². The lowest BCUT2D eigenvalue weighted by Crippen LogP contribution is -3.05. The molecule has 0 bridgehead atoms. The Morgan fingerprint density at radius 3 is 2.57 bits per heavy atom. The van der Waals surface area contributed by atoms with E-state index in [0.29, 0.717) is 42.5 Å². The van der Waals surface area contributed by atoms with Crippen LogP contribution in [0.3, 0.4) is 0 Å². The lowest BCUT2D eigenvalue weighted by Gasteiger charge is -2.43. The summed E-state index contributed by atoms with van der Waals surface area (Å²) in [6, 6.07) is 16.9. The van der Waals surface area contributed by atoms with Crippen molar-refractivity contribution in [2.24, 2.45) is 16.5 Å². The van der Waals surface area contributed by atoms with Gasteiger partial charge in [0.2, 0.25) is 12.0 Å². The number of aliphatic hydroxyl groups is 4. The van der Waals surface area contributed by atoms with E-state index in [2.05, 4.69) is 11.2 Å². The number of methoxy groups -OCH3 is 1. The summed E-state index contributed by atoms with van der Waals surface area (Å²) >= 11 is 0. The molecule has 0 radical (unpaired) electrons. The molecule has 1 fully saturated rings. The second-order valence-corrected chi connectivity index (χ2v) is 15.1. The van der Waals surface area contributed by atoms with E-state index in [1.54, 1.807) is 24.4 Å². The number of rotatable bonds is 15. The number of aliphatic carboxylic acids is 1. The van der Waals surface area contributed by atoms with Gasteiger partial charge in [-0.15, -0.1) is 0 Å². The van der Waals surface area contributed by atoms with E-state index >= 15 is 0 Å². The highest BCUT2D eigenvalue weighted by molar-refractivity contribution is 6.06. The lowest BCUT2D eigenvalue weighted by atomic mass is 9.80. The topological polar surface area (TPSA) is 272 Å². The van der Waals surface area contributed by atoms with Crippen LogP contribution < -0.4 is 45.2 Å². The number of nitrogens with two attached hydrogens (primary N) is 2. The van der Waals surface area contributed by atoms with Crippen LogP contribution in [-0.2, 0) is 32.0 Å². The van der Waals surface area contributed by atoms with Crippen LogP contribution in [0.25, 0.3) is 0 Å². The lowest BCUT2D eigenvalue weighted by molar-refractivity contribution is -0.848. The highest BCUT2D eigenvalue weighted by Gasteiger charge is 2.52. The van der Waals surface area contributed by atoms with Crippen LogP contribution in [0.1, 0.15) is 40.7 Å². The van der Waals surface area contributed by atoms with Crippen LogP contribution in [0, 0.1) is 0 Å². The first-order valence-electron chi connectivity index (χ1n) is 19.5. The third-order valence-electron chi connectivity index (χ3n) is 11.1. The molecular weight excluding hydrogens is 784 g/mol. The number of quaternary nitrogens is 1. The van der Waals surface area contributed by atoms with Crippen LogP contribution in [0.5, 0.6) is 28.7 Å². The van der Waals surface area contributed by atoms with Gasteiger partial charge in [0, 0.05) is 35.4 Å². The largest absolute Gasteiger partial charge is 0.550 e. The molecule has 5 heterocycles. The molecule has 10 unspecified atom stereocenters. The van der Waals surface area contributed by atoms with Gasteiger partial charge in [0.25, 0.3) is 0 Å². The fourth-order valence-electron chi connectivity index (χ4n) is 8.48. The van der Waals surface area contributed by atoms with Crippen molar-refractivity contribution in [1.29, 1.82) is 0 Å². The number of carboxylic acids is 1. The summed E-state index contributed by atoms with van der Waals surface area (Å²) in [6.07, 6.45) is -8.15. The Morgan fingerprint density at radius 1 is 1.05 bits per heavy atom. The monoisotopic (exact) mass is 830 g/mol. The summed E-state index contributed by atoms with van der Waals surface area (Å²) in [6.45, 7) is 0.774. The molecule has 0 saturated carbocycles. The molecular formula is C42H46N4O14. The fraction of sp³-hybridized carbons (Fsp3) is 0.405. The van der Waals surface area contributed by atoms with Crippen molar-refractivity contribution < 1.29 is 73.2 Å². The number of benzene rings is 3. The van der Waals surface area contributed by atoms with Crippen molar-refractivity contribution in [3.63, 3.8) is 0 Å². The minimum Gasteiger partial charge on any atom is -0.550 e. The maximum absolute atomic E-state index is 12.3. The number of nitrogens with one attached hydrogen (secondary N) is 1. The van der Waals surface area contributed by atoms with E-state index in [4.69, 9.17) is 44.6 Å². The van der Waals surface area contributed by atoms with Gasteiger partial charge in [0.05, 0.1) is 43.8 Å². The Balaban J connectivity index is 1.19. The number of aliphatic imine (C=N–C) groups is 1. The highest BCUT2D eigenvalue weighted by atomic mass is 16.7. The summed E-state index contributed by atoms with van der Waals surface area (Å²) < 4.78 is 42.9. The molecule has 0 aliphatic carbocycles. The number of esters is 1. The van der Waals surface area contributed by atoms with E-state index in [-0.39, 0.29) is 24.9 Å². The minimum absolute atomic E-state index is 0.00515. The molecule has 9 N–H and O–H groups in total. The standard InChI is InChI=1S/C42H46N4O14/c1-54-26-8-7-24-32-27(13-20-5-3-2-4-6-20)57-28-15-23(56-42-35(53)33(51)34(52)39(60-42)40(41(43)44)58-30(50)16-29(48)49)14-22(18-46-17-21-9-10-45-25(21)19-46)31(28)38(32)59-36(24)37(26)55-12-11-47/h2-10,14-15,17,27,32-35,38-42,47,51-53H,11-13,16,18-19,43-44H2,1H3,(H,48,49). The van der Waals surface area contributed by atoms with Crippen LogP contribution >= 0.6 is 0 Å². The van der Waals surface area contributed by atoms with Gasteiger partial charge in [-0.2, -0.15) is 0 Å². The highest BCUT2D eigenvalue weighted by Crippen LogP contribution is 2.59. The molecule has 5 aliphatic heterocycles.